The first-order chi connectivity index (χ1) is 9.13. The molecule has 0 amide bonds. The van der Waals surface area contributed by atoms with Gasteiger partial charge in [-0.3, -0.25) is 4.98 Å². The second kappa shape index (κ2) is 6.64. The van der Waals surface area contributed by atoms with Gasteiger partial charge in [0, 0.05) is 33.3 Å². The van der Waals surface area contributed by atoms with Crippen LogP contribution in [0.15, 0.2) is 51.7 Å². The van der Waals surface area contributed by atoms with E-state index in [1.54, 1.807) is 0 Å². The van der Waals surface area contributed by atoms with Gasteiger partial charge in [0.25, 0.3) is 0 Å². The lowest BCUT2D eigenvalue weighted by molar-refractivity contribution is 0.505. The van der Waals surface area contributed by atoms with Crippen LogP contribution >= 0.6 is 31.9 Å². The minimum absolute atomic E-state index is 0.245. The third kappa shape index (κ3) is 3.44. The highest BCUT2D eigenvalue weighted by molar-refractivity contribution is 9.11. The third-order valence-electron chi connectivity index (χ3n) is 3.34. The number of benzene rings is 1. The lowest BCUT2D eigenvalue weighted by Gasteiger charge is -2.25. The molecule has 2 atom stereocenters. The van der Waals surface area contributed by atoms with Crippen molar-refractivity contribution in [2.45, 2.75) is 18.9 Å². The Balaban J connectivity index is 2.37. The van der Waals surface area contributed by atoms with Crippen molar-refractivity contribution < 1.29 is 0 Å². The van der Waals surface area contributed by atoms with E-state index in [4.69, 9.17) is 0 Å². The first-order valence-electron chi connectivity index (χ1n) is 6.15. The lowest BCUT2D eigenvalue weighted by Crippen LogP contribution is -2.22. The first kappa shape index (κ1) is 14.7. The molecule has 1 heterocycles. The maximum atomic E-state index is 4.08. The van der Waals surface area contributed by atoms with E-state index < -0.39 is 0 Å². The minimum atomic E-state index is 0.245. The zero-order chi connectivity index (χ0) is 13.8. The van der Waals surface area contributed by atoms with E-state index in [9.17, 15) is 0 Å². The van der Waals surface area contributed by atoms with Crippen molar-refractivity contribution in [3.8, 4) is 0 Å². The van der Waals surface area contributed by atoms with Gasteiger partial charge in [-0.15, -0.1) is 0 Å². The fraction of sp³-hybridized carbons (Fsp3) is 0.267. The number of hydrogen-bond donors (Lipinski definition) is 1. The van der Waals surface area contributed by atoms with Crippen LogP contribution in [0.5, 0.6) is 0 Å². The molecule has 0 bridgehead atoms. The summed E-state index contributed by atoms with van der Waals surface area (Å²) < 4.78 is 2.21. The van der Waals surface area contributed by atoms with E-state index in [1.807, 2.05) is 25.5 Å². The van der Waals surface area contributed by atoms with Gasteiger partial charge < -0.3 is 5.32 Å². The van der Waals surface area contributed by atoms with Gasteiger partial charge in [0.2, 0.25) is 0 Å². The number of nitrogens with zero attached hydrogens (tertiary/aromatic N) is 1. The van der Waals surface area contributed by atoms with Crippen molar-refractivity contribution in [1.82, 2.24) is 10.3 Å². The molecular formula is C15H16Br2N2. The number of aromatic nitrogens is 1. The molecule has 0 saturated heterocycles. The molecule has 100 valence electrons. The van der Waals surface area contributed by atoms with Gasteiger partial charge >= 0.3 is 0 Å². The summed E-state index contributed by atoms with van der Waals surface area (Å²) in [6, 6.07) is 10.7. The molecular weight excluding hydrogens is 368 g/mol. The van der Waals surface area contributed by atoms with Crippen LogP contribution in [-0.2, 0) is 0 Å². The number of nitrogens with one attached hydrogen (secondary N) is 1. The Bertz CT molecular complexity index is 543. The molecule has 2 rings (SSSR count). The number of hydrogen-bond acceptors (Lipinski definition) is 2. The molecule has 0 fully saturated rings. The predicted molar refractivity (Wildman–Crippen MR) is 86.3 cm³/mol. The standard InChI is InChI=1S/C15H16Br2N2/c1-10(11-5-7-19-8-6-11)15(18-2)13-9-12(16)3-4-14(13)17/h3-10,15,18H,1-2H3. The largest absolute Gasteiger partial charge is 0.312 e. The number of pyridine rings is 1. The monoisotopic (exact) mass is 382 g/mol. The van der Waals surface area contributed by atoms with Crippen LogP contribution in [0, 0.1) is 0 Å². The Labute approximate surface area is 130 Å². The van der Waals surface area contributed by atoms with Crippen molar-refractivity contribution in [1.29, 1.82) is 0 Å². The summed E-state index contributed by atoms with van der Waals surface area (Å²) in [6.45, 7) is 2.23. The molecule has 0 radical (unpaired) electrons. The number of rotatable bonds is 4. The summed E-state index contributed by atoms with van der Waals surface area (Å²) in [5.74, 6) is 0.360. The number of likely N-dealkylation sites (N-methyl/N-ethyl adjacent to an activating group) is 1. The highest BCUT2D eigenvalue weighted by atomic mass is 79.9. The molecule has 2 unspecified atom stereocenters. The average Bonchev–Trinajstić information content (AvgIpc) is 2.44. The maximum Gasteiger partial charge on any atom is 0.0396 e. The highest BCUT2D eigenvalue weighted by Crippen LogP contribution is 2.35. The molecule has 2 aromatic rings. The Morgan fingerprint density at radius 3 is 2.42 bits per heavy atom. The summed E-state index contributed by atoms with van der Waals surface area (Å²) in [5.41, 5.74) is 2.53. The normalized spacial score (nSPS) is 14.1. The molecule has 0 aliphatic carbocycles. The summed E-state index contributed by atoms with van der Waals surface area (Å²) in [5, 5.41) is 3.41. The molecule has 4 heteroatoms. The number of halogens is 2. The Kier molecular flexibility index (Phi) is 5.13. The van der Waals surface area contributed by atoms with Gasteiger partial charge in [0.05, 0.1) is 0 Å². The van der Waals surface area contributed by atoms with E-state index in [2.05, 4.69) is 73.3 Å². The topological polar surface area (TPSA) is 24.9 Å². The van der Waals surface area contributed by atoms with Crippen LogP contribution in [0.4, 0.5) is 0 Å². The van der Waals surface area contributed by atoms with Crippen molar-refractivity contribution >= 4 is 31.9 Å². The first-order valence-corrected chi connectivity index (χ1v) is 7.74. The van der Waals surface area contributed by atoms with E-state index >= 15 is 0 Å². The van der Waals surface area contributed by atoms with Crippen molar-refractivity contribution in [3.05, 3.63) is 62.8 Å². The second-order valence-corrected chi connectivity index (χ2v) is 6.27. The molecule has 0 aliphatic rings. The maximum absolute atomic E-state index is 4.08. The average molecular weight is 384 g/mol. The summed E-state index contributed by atoms with van der Waals surface area (Å²) in [6.07, 6.45) is 3.68. The summed E-state index contributed by atoms with van der Waals surface area (Å²) in [7, 11) is 2.00. The molecule has 0 spiro atoms. The zero-order valence-electron chi connectivity index (χ0n) is 10.9. The third-order valence-corrected chi connectivity index (χ3v) is 4.55. The zero-order valence-corrected chi connectivity index (χ0v) is 14.1. The van der Waals surface area contributed by atoms with E-state index in [1.165, 1.54) is 11.1 Å². The molecule has 1 aromatic heterocycles. The Morgan fingerprint density at radius 1 is 1.11 bits per heavy atom. The van der Waals surface area contributed by atoms with Gasteiger partial charge in [0.1, 0.15) is 0 Å². The highest BCUT2D eigenvalue weighted by Gasteiger charge is 2.21. The lowest BCUT2D eigenvalue weighted by atomic mass is 9.89. The van der Waals surface area contributed by atoms with Crippen LogP contribution in [0.2, 0.25) is 0 Å². The smallest absolute Gasteiger partial charge is 0.0396 e. The molecule has 1 aromatic carbocycles. The van der Waals surface area contributed by atoms with Crippen molar-refractivity contribution in [2.24, 2.45) is 0 Å². The van der Waals surface area contributed by atoms with E-state index in [0.29, 0.717) is 5.92 Å². The summed E-state index contributed by atoms with van der Waals surface area (Å²) >= 11 is 7.18. The van der Waals surface area contributed by atoms with Gasteiger partial charge in [-0.1, -0.05) is 38.8 Å². The Morgan fingerprint density at radius 2 is 1.79 bits per heavy atom. The fourth-order valence-corrected chi connectivity index (χ4v) is 3.16. The van der Waals surface area contributed by atoms with Gasteiger partial charge in [-0.25, -0.2) is 0 Å². The second-order valence-electron chi connectivity index (χ2n) is 4.50. The molecule has 19 heavy (non-hydrogen) atoms. The quantitative estimate of drug-likeness (QED) is 0.829. The van der Waals surface area contributed by atoms with Crippen LogP contribution in [0.25, 0.3) is 0 Å². The van der Waals surface area contributed by atoms with E-state index in [-0.39, 0.29) is 6.04 Å². The van der Waals surface area contributed by atoms with Crippen LogP contribution in [-0.4, -0.2) is 12.0 Å². The molecule has 0 aliphatic heterocycles. The SMILES string of the molecule is CNC(c1cc(Br)ccc1Br)C(C)c1ccncc1. The van der Waals surface area contributed by atoms with Crippen LogP contribution < -0.4 is 5.32 Å². The Hall–Kier alpha value is -0.710. The van der Waals surface area contributed by atoms with Gasteiger partial charge in [-0.05, 0) is 48.5 Å². The van der Waals surface area contributed by atoms with Gasteiger partial charge in [-0.2, -0.15) is 0 Å². The van der Waals surface area contributed by atoms with Crippen LogP contribution in [0.1, 0.15) is 30.0 Å². The molecule has 2 nitrogen and oxygen atoms in total. The minimum Gasteiger partial charge on any atom is -0.312 e. The van der Waals surface area contributed by atoms with E-state index in [0.717, 1.165) is 8.95 Å². The van der Waals surface area contributed by atoms with Crippen molar-refractivity contribution in [2.75, 3.05) is 7.05 Å². The fourth-order valence-electron chi connectivity index (χ4n) is 2.29. The molecule has 1 N–H and O–H groups in total. The van der Waals surface area contributed by atoms with Gasteiger partial charge in [0.15, 0.2) is 0 Å². The van der Waals surface area contributed by atoms with Crippen molar-refractivity contribution in [3.63, 3.8) is 0 Å². The molecule has 0 saturated carbocycles. The van der Waals surface area contributed by atoms with Crippen LogP contribution in [0.3, 0.4) is 0 Å². The predicted octanol–water partition coefficient (Wildman–Crippen LogP) is 4.67. The summed E-state index contributed by atoms with van der Waals surface area (Å²) in [4.78, 5) is 4.08.